The number of hydrogen-bond donors (Lipinski definition) is 1. The largest absolute Gasteiger partial charge is 0.478 e. The van der Waals surface area contributed by atoms with Crippen molar-refractivity contribution >= 4 is 5.97 Å². The van der Waals surface area contributed by atoms with Crippen molar-refractivity contribution in [3.8, 4) is 11.3 Å². The third-order valence-corrected chi connectivity index (χ3v) is 2.41. The molecule has 5 heteroatoms. The fourth-order valence-electron chi connectivity index (χ4n) is 1.43. The molecule has 0 bridgehead atoms. The van der Waals surface area contributed by atoms with Gasteiger partial charge in [-0.15, -0.1) is 0 Å². The van der Waals surface area contributed by atoms with Crippen molar-refractivity contribution in [2.45, 2.75) is 0 Å². The molecule has 2 heterocycles. The van der Waals surface area contributed by atoms with Gasteiger partial charge in [0.2, 0.25) is 0 Å². The van der Waals surface area contributed by atoms with Gasteiger partial charge in [0.25, 0.3) is 5.56 Å². The second-order valence-electron chi connectivity index (χ2n) is 3.60. The molecule has 2 aromatic heterocycles. The van der Waals surface area contributed by atoms with E-state index in [0.29, 0.717) is 11.3 Å². The van der Waals surface area contributed by atoms with Crippen LogP contribution in [0, 0.1) is 0 Å². The van der Waals surface area contributed by atoms with Crippen molar-refractivity contribution in [2.75, 3.05) is 0 Å². The molecule has 0 amide bonds. The minimum absolute atomic E-state index is 0.149. The average molecular weight is 230 g/mol. The summed E-state index contributed by atoms with van der Waals surface area (Å²) in [6.45, 7) is 0. The molecule has 0 atom stereocenters. The van der Waals surface area contributed by atoms with Gasteiger partial charge < -0.3 is 9.67 Å². The summed E-state index contributed by atoms with van der Waals surface area (Å²) in [6.07, 6.45) is 3.03. The number of nitrogens with zero attached hydrogens (tertiary/aromatic N) is 2. The number of carboxylic acids is 1. The maximum Gasteiger partial charge on any atom is 0.335 e. The molecule has 17 heavy (non-hydrogen) atoms. The Hall–Kier alpha value is -2.43. The van der Waals surface area contributed by atoms with E-state index in [4.69, 9.17) is 5.11 Å². The van der Waals surface area contributed by atoms with Crippen LogP contribution >= 0.6 is 0 Å². The number of aryl methyl sites for hydroxylation is 1. The first-order valence-corrected chi connectivity index (χ1v) is 4.94. The zero-order chi connectivity index (χ0) is 12.4. The smallest absolute Gasteiger partial charge is 0.335 e. The van der Waals surface area contributed by atoms with Crippen LogP contribution in [0.3, 0.4) is 0 Å². The standard InChI is InChI=1S/C12H10N2O3/c1-14-5-3-8(7-11(14)15)10-6-9(12(16)17)2-4-13-10/h2-7H,1H3,(H,16,17). The van der Waals surface area contributed by atoms with Crippen molar-refractivity contribution in [2.24, 2.45) is 7.05 Å². The first-order chi connectivity index (χ1) is 8.08. The minimum Gasteiger partial charge on any atom is -0.478 e. The van der Waals surface area contributed by atoms with Crippen LogP contribution in [0.5, 0.6) is 0 Å². The van der Waals surface area contributed by atoms with Crippen molar-refractivity contribution in [3.05, 3.63) is 52.6 Å². The van der Waals surface area contributed by atoms with Crippen molar-refractivity contribution in [1.82, 2.24) is 9.55 Å². The van der Waals surface area contributed by atoms with Crippen LogP contribution in [-0.2, 0) is 7.05 Å². The molecule has 0 saturated heterocycles. The topological polar surface area (TPSA) is 72.2 Å². The summed E-state index contributed by atoms with van der Waals surface area (Å²) >= 11 is 0. The predicted octanol–water partition coefficient (Wildman–Crippen LogP) is 1.15. The molecule has 0 aliphatic carbocycles. The number of carboxylic acid groups (broad SMARTS) is 1. The van der Waals surface area contributed by atoms with Crippen LogP contribution in [0.2, 0.25) is 0 Å². The Kier molecular flexibility index (Phi) is 2.74. The highest BCUT2D eigenvalue weighted by atomic mass is 16.4. The number of hydrogen-bond acceptors (Lipinski definition) is 3. The highest BCUT2D eigenvalue weighted by molar-refractivity contribution is 5.88. The molecule has 86 valence electrons. The molecule has 2 rings (SSSR count). The molecular weight excluding hydrogens is 220 g/mol. The summed E-state index contributed by atoms with van der Waals surface area (Å²) in [4.78, 5) is 26.3. The molecule has 0 aromatic carbocycles. The normalized spacial score (nSPS) is 10.2. The summed E-state index contributed by atoms with van der Waals surface area (Å²) in [6, 6.07) is 5.99. The molecule has 0 fully saturated rings. The van der Waals surface area contributed by atoms with Crippen LogP contribution in [0.15, 0.2) is 41.5 Å². The maximum atomic E-state index is 11.5. The molecule has 0 unspecified atom stereocenters. The van der Waals surface area contributed by atoms with Crippen molar-refractivity contribution < 1.29 is 9.90 Å². The van der Waals surface area contributed by atoms with Crippen molar-refractivity contribution in [1.29, 1.82) is 0 Å². The van der Waals surface area contributed by atoms with Gasteiger partial charge in [0.1, 0.15) is 0 Å². The predicted molar refractivity (Wildman–Crippen MR) is 61.9 cm³/mol. The fraction of sp³-hybridized carbons (Fsp3) is 0.0833. The highest BCUT2D eigenvalue weighted by Crippen LogP contribution is 2.15. The van der Waals surface area contributed by atoms with Gasteiger partial charge in [-0.25, -0.2) is 4.79 Å². The van der Waals surface area contributed by atoms with Gasteiger partial charge in [0.05, 0.1) is 11.3 Å². The van der Waals surface area contributed by atoms with Gasteiger partial charge in [-0.3, -0.25) is 9.78 Å². The summed E-state index contributed by atoms with van der Waals surface area (Å²) in [5, 5.41) is 8.86. The number of aromatic nitrogens is 2. The number of rotatable bonds is 2. The van der Waals surface area contributed by atoms with E-state index in [0.717, 1.165) is 0 Å². The number of pyridine rings is 2. The lowest BCUT2D eigenvalue weighted by atomic mass is 10.1. The molecule has 5 nitrogen and oxygen atoms in total. The Labute approximate surface area is 97.0 Å². The van der Waals surface area contributed by atoms with Crippen LogP contribution < -0.4 is 5.56 Å². The van der Waals surface area contributed by atoms with E-state index >= 15 is 0 Å². The van der Waals surface area contributed by atoms with Crippen LogP contribution in [0.4, 0.5) is 0 Å². The van der Waals surface area contributed by atoms with E-state index in [2.05, 4.69) is 4.98 Å². The van der Waals surface area contributed by atoms with E-state index in [9.17, 15) is 9.59 Å². The van der Waals surface area contributed by atoms with Crippen LogP contribution in [0.1, 0.15) is 10.4 Å². The highest BCUT2D eigenvalue weighted by Gasteiger charge is 2.06. The molecule has 0 aliphatic heterocycles. The second-order valence-corrected chi connectivity index (χ2v) is 3.60. The number of aromatic carboxylic acids is 1. The van der Waals surface area contributed by atoms with E-state index in [1.807, 2.05) is 0 Å². The molecule has 1 N–H and O–H groups in total. The fourth-order valence-corrected chi connectivity index (χ4v) is 1.43. The van der Waals surface area contributed by atoms with E-state index < -0.39 is 5.97 Å². The lowest BCUT2D eigenvalue weighted by Crippen LogP contribution is -2.14. The SMILES string of the molecule is Cn1ccc(-c2cc(C(=O)O)ccn2)cc1=O. The molecular formula is C12H10N2O3. The lowest BCUT2D eigenvalue weighted by Gasteiger charge is -2.03. The van der Waals surface area contributed by atoms with Gasteiger partial charge in [-0.1, -0.05) is 0 Å². The van der Waals surface area contributed by atoms with E-state index in [1.54, 1.807) is 19.3 Å². The third kappa shape index (κ3) is 2.23. The quantitative estimate of drug-likeness (QED) is 0.839. The number of carbonyl (C=O) groups is 1. The summed E-state index contributed by atoms with van der Waals surface area (Å²) in [5.74, 6) is -1.02. The average Bonchev–Trinajstić information content (AvgIpc) is 2.33. The van der Waals surface area contributed by atoms with E-state index in [-0.39, 0.29) is 11.1 Å². The Morgan fingerprint density at radius 2 is 2.12 bits per heavy atom. The van der Waals surface area contributed by atoms with Gasteiger partial charge >= 0.3 is 5.97 Å². The van der Waals surface area contributed by atoms with Gasteiger partial charge in [0.15, 0.2) is 0 Å². The summed E-state index contributed by atoms with van der Waals surface area (Å²) in [7, 11) is 1.65. The molecule has 0 saturated carbocycles. The van der Waals surface area contributed by atoms with Gasteiger partial charge in [-0.2, -0.15) is 0 Å². The molecule has 0 radical (unpaired) electrons. The van der Waals surface area contributed by atoms with Crippen LogP contribution in [-0.4, -0.2) is 20.6 Å². The van der Waals surface area contributed by atoms with E-state index in [1.165, 1.54) is 29.0 Å². The van der Waals surface area contributed by atoms with Crippen LogP contribution in [0.25, 0.3) is 11.3 Å². The zero-order valence-electron chi connectivity index (χ0n) is 9.12. The first-order valence-electron chi connectivity index (χ1n) is 4.94. The lowest BCUT2D eigenvalue weighted by molar-refractivity contribution is 0.0697. The Balaban J connectivity index is 2.53. The Morgan fingerprint density at radius 1 is 1.35 bits per heavy atom. The second kappa shape index (κ2) is 4.21. The zero-order valence-corrected chi connectivity index (χ0v) is 9.12. The summed E-state index contributed by atoms with van der Waals surface area (Å²) < 4.78 is 1.44. The molecule has 0 aliphatic rings. The molecule has 2 aromatic rings. The third-order valence-electron chi connectivity index (χ3n) is 2.41. The maximum absolute atomic E-state index is 11.5. The first kappa shape index (κ1) is 11.1. The molecule has 0 spiro atoms. The Bertz CT molecular complexity index is 632. The van der Waals surface area contributed by atoms with Crippen molar-refractivity contribution in [3.63, 3.8) is 0 Å². The summed E-state index contributed by atoms with van der Waals surface area (Å²) in [5.41, 5.74) is 1.07. The monoisotopic (exact) mass is 230 g/mol. The minimum atomic E-state index is -1.02. The van der Waals surface area contributed by atoms with Gasteiger partial charge in [-0.05, 0) is 18.2 Å². The van der Waals surface area contributed by atoms with Gasteiger partial charge in [0, 0.05) is 31.1 Å². The Morgan fingerprint density at radius 3 is 2.76 bits per heavy atom.